The van der Waals surface area contributed by atoms with Crippen LogP contribution in [0.15, 0.2) is 22.7 Å². The number of thiophene rings is 2. The van der Waals surface area contributed by atoms with Gasteiger partial charge >= 0.3 is 0 Å². The number of nitrogens with one attached hydrogen (secondary N) is 1. The summed E-state index contributed by atoms with van der Waals surface area (Å²) in [6, 6.07) is 3.98. The van der Waals surface area contributed by atoms with Crippen LogP contribution in [0, 0.1) is 0 Å². The number of rotatable bonds is 7. The third-order valence-electron chi connectivity index (χ3n) is 4.78. The first-order valence-corrected chi connectivity index (χ1v) is 12.1. The Kier molecular flexibility index (Phi) is 6.02. The van der Waals surface area contributed by atoms with Gasteiger partial charge in [-0.2, -0.15) is 0 Å². The Morgan fingerprint density at radius 1 is 1.31 bits per heavy atom. The molecule has 4 rings (SSSR count). The van der Waals surface area contributed by atoms with Gasteiger partial charge in [-0.1, -0.05) is 17.8 Å². The SMILES string of the molecule is CCn1c(SCC(=O)Nc2sc3c(c2C(N)=O)CCCC3)nnc1-c1cccs1. The summed E-state index contributed by atoms with van der Waals surface area (Å²) in [5.41, 5.74) is 7.10. The number of aryl methyl sites for hydroxylation is 1. The number of nitrogens with two attached hydrogens (primary N) is 1. The molecule has 1 aliphatic carbocycles. The zero-order valence-electron chi connectivity index (χ0n) is 15.9. The molecule has 0 radical (unpaired) electrons. The van der Waals surface area contributed by atoms with Gasteiger partial charge in [-0.25, -0.2) is 0 Å². The molecule has 0 atom stereocenters. The quantitative estimate of drug-likeness (QED) is 0.536. The minimum Gasteiger partial charge on any atom is -0.365 e. The molecule has 0 saturated carbocycles. The number of anilines is 1. The van der Waals surface area contributed by atoms with Crippen LogP contribution in [0.4, 0.5) is 5.00 Å². The van der Waals surface area contributed by atoms with E-state index < -0.39 is 5.91 Å². The molecule has 0 aromatic carbocycles. The van der Waals surface area contributed by atoms with Crippen molar-refractivity contribution in [2.45, 2.75) is 44.3 Å². The number of amides is 2. The highest BCUT2D eigenvalue weighted by Crippen LogP contribution is 2.38. The van der Waals surface area contributed by atoms with Crippen molar-refractivity contribution in [3.63, 3.8) is 0 Å². The maximum absolute atomic E-state index is 12.6. The second kappa shape index (κ2) is 8.68. The number of carbonyl (C=O) groups is 2. The van der Waals surface area contributed by atoms with Crippen LogP contribution in [0.5, 0.6) is 0 Å². The second-order valence-electron chi connectivity index (χ2n) is 6.64. The van der Waals surface area contributed by atoms with Gasteiger partial charge in [0.2, 0.25) is 5.91 Å². The lowest BCUT2D eigenvalue weighted by Crippen LogP contribution is -2.19. The first-order chi connectivity index (χ1) is 14.1. The van der Waals surface area contributed by atoms with E-state index in [4.69, 9.17) is 5.73 Å². The lowest BCUT2D eigenvalue weighted by atomic mass is 9.95. The molecule has 0 aliphatic heterocycles. The van der Waals surface area contributed by atoms with Gasteiger partial charge in [0.05, 0.1) is 16.2 Å². The molecule has 7 nitrogen and oxygen atoms in total. The Morgan fingerprint density at radius 3 is 2.86 bits per heavy atom. The first kappa shape index (κ1) is 20.1. The Bertz CT molecular complexity index is 1040. The third kappa shape index (κ3) is 4.10. The van der Waals surface area contributed by atoms with Gasteiger partial charge in [-0.3, -0.25) is 9.59 Å². The molecular formula is C19H21N5O2S3. The highest BCUT2D eigenvalue weighted by atomic mass is 32.2. The number of aromatic nitrogens is 3. The van der Waals surface area contributed by atoms with Crippen molar-refractivity contribution in [2.24, 2.45) is 5.73 Å². The number of hydrogen-bond acceptors (Lipinski definition) is 7. The first-order valence-electron chi connectivity index (χ1n) is 9.42. The largest absolute Gasteiger partial charge is 0.365 e. The minimum atomic E-state index is -0.473. The average molecular weight is 448 g/mol. The minimum absolute atomic E-state index is 0.181. The number of thioether (sulfide) groups is 1. The van der Waals surface area contributed by atoms with E-state index in [0.717, 1.165) is 41.9 Å². The van der Waals surface area contributed by atoms with Gasteiger partial charge in [0.15, 0.2) is 11.0 Å². The Balaban J connectivity index is 1.47. The summed E-state index contributed by atoms with van der Waals surface area (Å²) >= 11 is 4.42. The van der Waals surface area contributed by atoms with Gasteiger partial charge in [-0.15, -0.1) is 32.9 Å². The normalized spacial score (nSPS) is 13.3. The van der Waals surface area contributed by atoms with Crippen LogP contribution in [-0.4, -0.2) is 32.3 Å². The summed E-state index contributed by atoms with van der Waals surface area (Å²) in [5, 5.41) is 14.7. The van der Waals surface area contributed by atoms with Crippen molar-refractivity contribution < 1.29 is 9.59 Å². The van der Waals surface area contributed by atoms with Gasteiger partial charge < -0.3 is 15.6 Å². The molecular weight excluding hydrogens is 426 g/mol. The van der Waals surface area contributed by atoms with E-state index in [1.54, 1.807) is 11.3 Å². The molecule has 3 heterocycles. The van der Waals surface area contributed by atoms with Crippen molar-refractivity contribution in [3.05, 3.63) is 33.5 Å². The van der Waals surface area contributed by atoms with Crippen LogP contribution in [0.3, 0.4) is 0 Å². The number of primary amides is 1. The van der Waals surface area contributed by atoms with Crippen LogP contribution < -0.4 is 11.1 Å². The van der Waals surface area contributed by atoms with Crippen molar-refractivity contribution in [1.82, 2.24) is 14.8 Å². The van der Waals surface area contributed by atoms with Gasteiger partial charge in [0.1, 0.15) is 5.00 Å². The number of nitrogens with zero attached hydrogens (tertiary/aromatic N) is 3. The molecule has 2 amide bonds. The van der Waals surface area contributed by atoms with Gasteiger partial charge in [-0.05, 0) is 49.6 Å². The summed E-state index contributed by atoms with van der Waals surface area (Å²) in [5.74, 6) is 0.342. The fraction of sp³-hybridized carbons (Fsp3) is 0.368. The predicted molar refractivity (Wildman–Crippen MR) is 118 cm³/mol. The Hall–Kier alpha value is -2.17. The maximum Gasteiger partial charge on any atom is 0.251 e. The zero-order valence-corrected chi connectivity index (χ0v) is 18.4. The molecule has 3 N–H and O–H groups in total. The predicted octanol–water partition coefficient (Wildman–Crippen LogP) is 3.80. The summed E-state index contributed by atoms with van der Waals surface area (Å²) in [6.45, 7) is 2.74. The summed E-state index contributed by atoms with van der Waals surface area (Å²) in [6.07, 6.45) is 3.94. The van der Waals surface area contributed by atoms with E-state index in [-0.39, 0.29) is 11.7 Å². The second-order valence-corrected chi connectivity index (χ2v) is 9.64. The third-order valence-corrected chi connectivity index (χ3v) is 7.82. The smallest absolute Gasteiger partial charge is 0.251 e. The maximum atomic E-state index is 12.6. The van der Waals surface area contributed by atoms with Crippen molar-refractivity contribution in [2.75, 3.05) is 11.1 Å². The van der Waals surface area contributed by atoms with Crippen LogP contribution >= 0.6 is 34.4 Å². The molecule has 0 fully saturated rings. The van der Waals surface area contributed by atoms with E-state index >= 15 is 0 Å². The highest BCUT2D eigenvalue weighted by Gasteiger charge is 2.25. The average Bonchev–Trinajstić information content (AvgIpc) is 3.43. The van der Waals surface area contributed by atoms with E-state index in [2.05, 4.69) is 15.5 Å². The number of carbonyl (C=O) groups excluding carboxylic acids is 2. The van der Waals surface area contributed by atoms with Crippen LogP contribution in [-0.2, 0) is 24.2 Å². The zero-order chi connectivity index (χ0) is 20.4. The topological polar surface area (TPSA) is 103 Å². The monoisotopic (exact) mass is 447 g/mol. The molecule has 0 bridgehead atoms. The number of fused-ring (bicyclic) bond motifs is 1. The van der Waals surface area contributed by atoms with Crippen molar-refractivity contribution in [3.8, 4) is 10.7 Å². The summed E-state index contributed by atoms with van der Waals surface area (Å²) in [4.78, 5) is 26.8. The molecule has 3 aromatic rings. The molecule has 0 saturated heterocycles. The van der Waals surface area contributed by atoms with E-state index in [0.29, 0.717) is 22.3 Å². The van der Waals surface area contributed by atoms with E-state index in [1.807, 2.05) is 29.0 Å². The fourth-order valence-electron chi connectivity index (χ4n) is 3.48. The molecule has 152 valence electrons. The van der Waals surface area contributed by atoms with Crippen LogP contribution in [0.1, 0.15) is 40.6 Å². The Labute approximate surface area is 180 Å². The van der Waals surface area contributed by atoms with E-state index in [1.165, 1.54) is 28.0 Å². The molecule has 10 heteroatoms. The summed E-state index contributed by atoms with van der Waals surface area (Å²) < 4.78 is 2.00. The summed E-state index contributed by atoms with van der Waals surface area (Å²) in [7, 11) is 0. The molecule has 1 aliphatic rings. The lowest BCUT2D eigenvalue weighted by Gasteiger charge is -2.11. The van der Waals surface area contributed by atoms with Crippen molar-refractivity contribution >= 4 is 51.3 Å². The molecule has 0 spiro atoms. The molecule has 29 heavy (non-hydrogen) atoms. The van der Waals surface area contributed by atoms with Crippen LogP contribution in [0.25, 0.3) is 10.7 Å². The van der Waals surface area contributed by atoms with Crippen LogP contribution in [0.2, 0.25) is 0 Å². The highest BCUT2D eigenvalue weighted by molar-refractivity contribution is 7.99. The Morgan fingerprint density at radius 2 is 2.14 bits per heavy atom. The molecule has 0 unspecified atom stereocenters. The van der Waals surface area contributed by atoms with Crippen molar-refractivity contribution in [1.29, 1.82) is 0 Å². The molecule has 3 aromatic heterocycles. The van der Waals surface area contributed by atoms with E-state index in [9.17, 15) is 9.59 Å². The lowest BCUT2D eigenvalue weighted by molar-refractivity contribution is -0.113. The van der Waals surface area contributed by atoms with Gasteiger partial charge in [0, 0.05) is 11.4 Å². The fourth-order valence-corrected chi connectivity index (χ4v) is 6.31. The standard InChI is InChI=1S/C19H21N5O2S3/c1-2-24-17(13-8-5-9-27-13)22-23-19(24)28-10-14(25)21-18-15(16(20)26)11-6-3-4-7-12(11)29-18/h5,8-9H,2-4,6-7,10H2,1H3,(H2,20,26)(H,21,25). The number of hydrogen-bond donors (Lipinski definition) is 2. The van der Waals surface area contributed by atoms with Gasteiger partial charge in [0.25, 0.3) is 5.91 Å².